The maximum Gasteiger partial charge on any atom is 0.507 e. The Morgan fingerprint density at radius 1 is 1.20 bits per heavy atom. The number of rotatable bonds is 4. The minimum atomic E-state index is -0.524. The molecule has 0 bridgehead atoms. The predicted molar refractivity (Wildman–Crippen MR) is 95.0 cm³/mol. The molecular weight excluding hydrogens is 341 g/mol. The van der Waals surface area contributed by atoms with Crippen LogP contribution in [0, 0.1) is 11.8 Å². The molecule has 1 aliphatic heterocycles. The summed E-state index contributed by atoms with van der Waals surface area (Å²) in [4.78, 5) is 29.0. The number of esters is 1. The Morgan fingerprint density at radius 2 is 1.80 bits per heavy atom. The zero-order chi connectivity index (χ0) is 18.4. The first kappa shape index (κ1) is 18.5. The van der Waals surface area contributed by atoms with Crippen molar-refractivity contribution in [1.82, 2.24) is 4.98 Å². The van der Waals surface area contributed by atoms with Gasteiger partial charge in [-0.05, 0) is 40.5 Å². The Balaban J connectivity index is 1.76. The highest BCUT2D eigenvalue weighted by atomic mass is 32.1. The van der Waals surface area contributed by atoms with Crippen molar-refractivity contribution in [2.24, 2.45) is 11.8 Å². The van der Waals surface area contributed by atoms with Gasteiger partial charge in [-0.3, -0.25) is 9.59 Å². The van der Waals surface area contributed by atoms with Crippen LogP contribution in [0.5, 0.6) is 0 Å². The molecule has 1 saturated heterocycles. The zero-order valence-corrected chi connectivity index (χ0v) is 16.1. The molecule has 1 aliphatic carbocycles. The van der Waals surface area contributed by atoms with E-state index >= 15 is 0 Å². The lowest BCUT2D eigenvalue weighted by Crippen LogP contribution is -2.41. The van der Waals surface area contributed by atoms with E-state index < -0.39 is 18.3 Å². The van der Waals surface area contributed by atoms with Crippen molar-refractivity contribution >= 4 is 35.0 Å². The van der Waals surface area contributed by atoms with Crippen LogP contribution in [0.4, 0.5) is 0 Å². The van der Waals surface area contributed by atoms with Crippen molar-refractivity contribution in [2.45, 2.75) is 58.2 Å². The minimum Gasteiger partial charge on any atom is -0.469 e. The van der Waals surface area contributed by atoms with Crippen molar-refractivity contribution in [2.75, 3.05) is 7.11 Å². The Morgan fingerprint density at radius 3 is 2.40 bits per heavy atom. The van der Waals surface area contributed by atoms with Gasteiger partial charge in [0.25, 0.3) is 0 Å². The molecule has 0 amide bonds. The number of ether oxygens (including phenoxy) is 1. The van der Waals surface area contributed by atoms with Gasteiger partial charge in [0.05, 0.1) is 29.0 Å². The minimum absolute atomic E-state index is 0.0827. The van der Waals surface area contributed by atoms with Gasteiger partial charge in [-0.25, -0.2) is 4.98 Å². The van der Waals surface area contributed by atoms with Crippen LogP contribution >= 0.6 is 11.3 Å². The first-order chi connectivity index (χ1) is 11.7. The molecule has 0 N–H and O–H groups in total. The van der Waals surface area contributed by atoms with E-state index in [-0.39, 0.29) is 23.6 Å². The standard InChI is InChI=1S/C17H24BNO5S/c1-16(2)17(3,4)24-18(23-16)12-9-19-14(25-12)13(20)10-7-6-8-11(10)15(21)22-5/h9-11H,6-8H2,1-5H3/t10-,11-/m1/s1. The van der Waals surface area contributed by atoms with Crippen LogP contribution in [0.3, 0.4) is 0 Å². The van der Waals surface area contributed by atoms with E-state index in [0.29, 0.717) is 17.8 Å². The Labute approximate surface area is 152 Å². The van der Waals surface area contributed by atoms with Gasteiger partial charge in [0.15, 0.2) is 10.8 Å². The van der Waals surface area contributed by atoms with Crippen molar-refractivity contribution in [1.29, 1.82) is 0 Å². The third-order valence-electron chi connectivity index (χ3n) is 5.58. The molecule has 6 nitrogen and oxygen atoms in total. The second kappa shape index (κ2) is 6.48. The molecule has 8 heteroatoms. The summed E-state index contributed by atoms with van der Waals surface area (Å²) in [6, 6.07) is 0. The topological polar surface area (TPSA) is 74.7 Å². The molecule has 1 saturated carbocycles. The van der Waals surface area contributed by atoms with E-state index in [1.165, 1.54) is 18.4 Å². The number of aromatic nitrogens is 1. The molecule has 3 rings (SSSR count). The molecule has 2 aliphatic rings. The quantitative estimate of drug-likeness (QED) is 0.463. The Bertz CT molecular complexity index is 670. The first-order valence-corrected chi connectivity index (χ1v) is 9.41. The van der Waals surface area contributed by atoms with Gasteiger partial charge >= 0.3 is 13.1 Å². The number of methoxy groups -OCH3 is 1. The molecule has 25 heavy (non-hydrogen) atoms. The summed E-state index contributed by atoms with van der Waals surface area (Å²) in [5, 5.41) is 0.408. The third kappa shape index (κ3) is 3.27. The number of nitrogens with zero attached hydrogens (tertiary/aromatic N) is 1. The summed E-state index contributed by atoms with van der Waals surface area (Å²) in [7, 11) is 0.839. The summed E-state index contributed by atoms with van der Waals surface area (Å²) >= 11 is 1.29. The fourth-order valence-electron chi connectivity index (χ4n) is 3.33. The average Bonchev–Trinajstić information content (AvgIpc) is 3.24. The fraction of sp³-hybridized carbons (Fsp3) is 0.706. The van der Waals surface area contributed by atoms with Gasteiger partial charge < -0.3 is 14.0 Å². The number of hydrogen-bond acceptors (Lipinski definition) is 7. The highest BCUT2D eigenvalue weighted by molar-refractivity contribution is 7.23. The summed E-state index contributed by atoms with van der Waals surface area (Å²) in [6.07, 6.45) is 3.89. The number of ketones is 1. The molecule has 2 atom stereocenters. The average molecular weight is 365 g/mol. The SMILES string of the molecule is COC(=O)[C@@H]1CCC[C@H]1C(=O)c1ncc(B2OC(C)(C)C(C)(C)O2)s1. The van der Waals surface area contributed by atoms with E-state index in [1.54, 1.807) is 6.20 Å². The molecule has 2 fully saturated rings. The number of carbonyl (C=O) groups excluding carboxylic acids is 2. The maximum absolute atomic E-state index is 12.8. The first-order valence-electron chi connectivity index (χ1n) is 8.59. The second-order valence-corrected chi connectivity index (χ2v) is 8.75. The highest BCUT2D eigenvalue weighted by Crippen LogP contribution is 2.38. The third-order valence-corrected chi connectivity index (χ3v) is 6.61. The van der Waals surface area contributed by atoms with Gasteiger partial charge in [0.1, 0.15) is 0 Å². The summed E-state index contributed by atoms with van der Waals surface area (Å²) < 4.78 is 17.6. The molecule has 1 aromatic heterocycles. The van der Waals surface area contributed by atoms with Crippen molar-refractivity contribution in [3.63, 3.8) is 0 Å². The Hall–Kier alpha value is -1.25. The molecular formula is C17H24BNO5S. The number of Topliss-reactive ketones (excluding diaryl/α,β-unsaturated/α-hetero) is 1. The molecule has 0 spiro atoms. The highest BCUT2D eigenvalue weighted by Gasteiger charge is 2.52. The van der Waals surface area contributed by atoms with Crippen molar-refractivity contribution < 1.29 is 23.6 Å². The van der Waals surface area contributed by atoms with Crippen molar-refractivity contribution in [3.05, 3.63) is 11.2 Å². The molecule has 0 aromatic carbocycles. The van der Waals surface area contributed by atoms with Crippen LogP contribution < -0.4 is 4.78 Å². The van der Waals surface area contributed by atoms with Gasteiger partial charge in [-0.15, -0.1) is 11.3 Å². The van der Waals surface area contributed by atoms with E-state index in [1.807, 2.05) is 27.7 Å². The summed E-state index contributed by atoms with van der Waals surface area (Å²) in [5.74, 6) is -1.09. The van der Waals surface area contributed by atoms with Gasteiger partial charge in [0.2, 0.25) is 0 Å². The molecule has 2 heterocycles. The lowest BCUT2D eigenvalue weighted by atomic mass is 9.89. The van der Waals surface area contributed by atoms with E-state index in [0.717, 1.165) is 11.2 Å². The smallest absolute Gasteiger partial charge is 0.469 e. The Kier molecular flexibility index (Phi) is 4.81. The second-order valence-electron chi connectivity index (χ2n) is 7.69. The largest absolute Gasteiger partial charge is 0.507 e. The fourth-order valence-corrected chi connectivity index (χ4v) is 4.21. The van der Waals surface area contributed by atoms with E-state index in [9.17, 15) is 9.59 Å². The number of hydrogen-bond donors (Lipinski definition) is 0. The lowest BCUT2D eigenvalue weighted by molar-refractivity contribution is -0.146. The summed E-state index contributed by atoms with van der Waals surface area (Å²) in [6.45, 7) is 7.94. The molecule has 136 valence electrons. The van der Waals surface area contributed by atoms with Crippen LogP contribution in [0.15, 0.2) is 6.20 Å². The number of thiazole rings is 1. The van der Waals surface area contributed by atoms with E-state index in [2.05, 4.69) is 4.98 Å². The van der Waals surface area contributed by atoms with E-state index in [4.69, 9.17) is 14.0 Å². The summed E-state index contributed by atoms with van der Waals surface area (Å²) in [5.41, 5.74) is -0.874. The van der Waals surface area contributed by atoms with Gasteiger partial charge in [-0.2, -0.15) is 0 Å². The van der Waals surface area contributed by atoms with Crippen LogP contribution in [0.2, 0.25) is 0 Å². The maximum atomic E-state index is 12.8. The van der Waals surface area contributed by atoms with Gasteiger partial charge in [-0.1, -0.05) is 6.42 Å². The molecule has 0 unspecified atom stereocenters. The predicted octanol–water partition coefficient (Wildman–Crippen LogP) is 2.21. The lowest BCUT2D eigenvalue weighted by Gasteiger charge is -2.32. The van der Waals surface area contributed by atoms with Crippen LogP contribution in [0.1, 0.15) is 56.8 Å². The van der Waals surface area contributed by atoms with Crippen LogP contribution in [0.25, 0.3) is 0 Å². The van der Waals surface area contributed by atoms with Crippen LogP contribution in [-0.4, -0.2) is 42.2 Å². The normalized spacial score (nSPS) is 27.5. The molecule has 1 aromatic rings. The van der Waals surface area contributed by atoms with Crippen molar-refractivity contribution in [3.8, 4) is 0 Å². The van der Waals surface area contributed by atoms with Crippen LogP contribution in [-0.2, 0) is 18.8 Å². The number of carbonyl (C=O) groups is 2. The monoisotopic (exact) mass is 365 g/mol. The molecule has 0 radical (unpaired) electrons. The zero-order valence-electron chi connectivity index (χ0n) is 15.3. The van der Waals surface area contributed by atoms with Gasteiger partial charge in [0, 0.05) is 12.1 Å².